The van der Waals surface area contributed by atoms with Crippen molar-refractivity contribution in [1.82, 2.24) is 9.80 Å². The summed E-state index contributed by atoms with van der Waals surface area (Å²) in [4.78, 5) is 28.7. The van der Waals surface area contributed by atoms with Crippen LogP contribution >= 0.6 is 0 Å². The molecule has 5 rings (SSSR count). The Bertz CT molecular complexity index is 796. The highest BCUT2D eigenvalue weighted by atomic mass is 16.6. The van der Waals surface area contributed by atoms with E-state index in [2.05, 4.69) is 26.8 Å². The molecule has 0 unspecified atom stereocenters. The van der Waals surface area contributed by atoms with Crippen LogP contribution in [0.5, 0.6) is 0 Å². The van der Waals surface area contributed by atoms with Crippen molar-refractivity contribution >= 4 is 12.0 Å². The second-order valence-corrected chi connectivity index (χ2v) is 10.6. The first-order chi connectivity index (χ1) is 15.3. The van der Waals surface area contributed by atoms with E-state index in [1.165, 1.54) is 5.57 Å². The van der Waals surface area contributed by atoms with Gasteiger partial charge in [-0.25, -0.2) is 4.79 Å². The number of ether oxygens (including phenoxy) is 4. The highest BCUT2D eigenvalue weighted by Gasteiger charge is 2.72. The molecule has 8 nitrogen and oxygen atoms in total. The third kappa shape index (κ3) is 3.74. The smallest absolute Gasteiger partial charge is 0.410 e. The van der Waals surface area contributed by atoms with E-state index in [9.17, 15) is 9.59 Å². The molecular formula is C24H36N2O6. The molecule has 1 spiro atoms. The molecule has 4 aliphatic heterocycles. The molecule has 0 aromatic rings. The number of nitrogens with zero attached hydrogens (tertiary/aromatic N) is 2. The molecule has 0 radical (unpaired) electrons. The van der Waals surface area contributed by atoms with E-state index in [4.69, 9.17) is 18.9 Å². The maximum Gasteiger partial charge on any atom is 0.410 e. The van der Waals surface area contributed by atoms with Crippen LogP contribution in [0.2, 0.25) is 0 Å². The number of methoxy groups -OCH3 is 1. The predicted octanol–water partition coefficient (Wildman–Crippen LogP) is 2.36. The van der Waals surface area contributed by atoms with Crippen molar-refractivity contribution in [2.45, 2.75) is 76.0 Å². The average Bonchev–Trinajstić information content (AvgIpc) is 3.56. The van der Waals surface area contributed by atoms with Crippen LogP contribution in [0, 0.1) is 11.8 Å². The van der Waals surface area contributed by atoms with Crippen LogP contribution < -0.4 is 0 Å². The van der Waals surface area contributed by atoms with Crippen molar-refractivity contribution in [3.8, 4) is 0 Å². The molecule has 32 heavy (non-hydrogen) atoms. The van der Waals surface area contributed by atoms with Crippen LogP contribution in [0.1, 0.15) is 46.5 Å². The Kier molecular flexibility index (Phi) is 5.54. The van der Waals surface area contributed by atoms with Gasteiger partial charge in [-0.15, -0.1) is 0 Å². The van der Waals surface area contributed by atoms with Crippen LogP contribution in [-0.4, -0.2) is 91.2 Å². The van der Waals surface area contributed by atoms with Crippen molar-refractivity contribution in [3.05, 3.63) is 11.6 Å². The lowest BCUT2D eigenvalue weighted by molar-refractivity contribution is -0.146. The lowest BCUT2D eigenvalue weighted by Gasteiger charge is -2.45. The Balaban J connectivity index is 1.21. The molecule has 4 heterocycles. The van der Waals surface area contributed by atoms with Gasteiger partial charge in [0.15, 0.2) is 0 Å². The van der Waals surface area contributed by atoms with E-state index in [1.54, 1.807) is 12.0 Å². The first-order valence-electron chi connectivity index (χ1n) is 12.0. The van der Waals surface area contributed by atoms with Gasteiger partial charge in [0, 0.05) is 33.3 Å². The molecule has 2 amide bonds. The van der Waals surface area contributed by atoms with Crippen molar-refractivity contribution in [1.29, 1.82) is 0 Å². The minimum Gasteiger partial charge on any atom is -0.443 e. The van der Waals surface area contributed by atoms with Gasteiger partial charge in [-0.1, -0.05) is 11.6 Å². The fraction of sp³-hybridized carbons (Fsp3) is 0.833. The van der Waals surface area contributed by atoms with Gasteiger partial charge in [0.2, 0.25) is 5.91 Å². The maximum atomic E-state index is 12.8. The largest absolute Gasteiger partial charge is 0.443 e. The Morgan fingerprint density at radius 3 is 2.47 bits per heavy atom. The first kappa shape index (κ1) is 22.2. The Morgan fingerprint density at radius 1 is 1.19 bits per heavy atom. The molecule has 1 saturated carbocycles. The van der Waals surface area contributed by atoms with Crippen molar-refractivity contribution in [2.75, 3.05) is 39.9 Å². The summed E-state index contributed by atoms with van der Waals surface area (Å²) in [6, 6.07) is 0. The van der Waals surface area contributed by atoms with Gasteiger partial charge >= 0.3 is 6.09 Å². The molecule has 0 bridgehead atoms. The van der Waals surface area contributed by atoms with Gasteiger partial charge in [-0.3, -0.25) is 4.79 Å². The van der Waals surface area contributed by atoms with Crippen molar-refractivity contribution in [3.63, 3.8) is 0 Å². The molecule has 6 atom stereocenters. The molecule has 4 saturated heterocycles. The van der Waals surface area contributed by atoms with Crippen LogP contribution in [0.15, 0.2) is 11.6 Å². The summed E-state index contributed by atoms with van der Waals surface area (Å²) in [6.45, 7) is 9.62. The number of hydrogen-bond donors (Lipinski definition) is 0. The molecule has 178 valence electrons. The van der Waals surface area contributed by atoms with Crippen LogP contribution in [0.4, 0.5) is 4.79 Å². The van der Waals surface area contributed by atoms with Crippen molar-refractivity contribution < 1.29 is 28.5 Å². The predicted molar refractivity (Wildman–Crippen MR) is 116 cm³/mol. The molecule has 5 fully saturated rings. The molecule has 5 aliphatic rings. The minimum atomic E-state index is -0.348. The number of rotatable bonds is 6. The van der Waals surface area contributed by atoms with Gasteiger partial charge in [0.05, 0.1) is 24.5 Å². The molecule has 1 aliphatic carbocycles. The standard InChI is InChI=1S/C24H36N2O6/c1-15(2)6-7-18-23(3,32-18)20-19(29-4)17(8-9-24(20)14-30-24)31-22(28)26-12-16(13-26)21(27)25-10-5-11-25/h6,16-20H,5,7-14H2,1-4H3/t17-,18-,19-,20-,23+,24+/m1/s1. The zero-order valence-corrected chi connectivity index (χ0v) is 19.7. The Hall–Kier alpha value is -1.64. The number of allylic oxidation sites excluding steroid dienone is 1. The molecule has 0 aromatic heterocycles. The quantitative estimate of drug-likeness (QED) is 0.458. The van der Waals surface area contributed by atoms with E-state index in [-0.39, 0.29) is 53.4 Å². The summed E-state index contributed by atoms with van der Waals surface area (Å²) in [6.07, 6.45) is 4.85. The normalized spacial score (nSPS) is 40.4. The lowest BCUT2D eigenvalue weighted by atomic mass is 9.68. The van der Waals surface area contributed by atoms with E-state index in [0.29, 0.717) is 26.1 Å². The fourth-order valence-corrected chi connectivity index (χ4v) is 5.85. The van der Waals surface area contributed by atoms with E-state index >= 15 is 0 Å². The van der Waals surface area contributed by atoms with Crippen LogP contribution in [-0.2, 0) is 23.7 Å². The van der Waals surface area contributed by atoms with Crippen molar-refractivity contribution in [2.24, 2.45) is 11.8 Å². The number of likely N-dealkylation sites (tertiary alicyclic amines) is 2. The minimum absolute atomic E-state index is 0.0132. The summed E-state index contributed by atoms with van der Waals surface area (Å²) < 4.78 is 24.1. The lowest BCUT2D eigenvalue weighted by Crippen LogP contribution is -2.60. The Labute approximate surface area is 190 Å². The summed E-state index contributed by atoms with van der Waals surface area (Å²) in [5, 5.41) is 0. The second-order valence-electron chi connectivity index (χ2n) is 10.6. The van der Waals surface area contributed by atoms with E-state index in [0.717, 1.165) is 32.4 Å². The number of carbonyl (C=O) groups excluding carboxylic acids is 2. The summed E-state index contributed by atoms with van der Waals surface area (Å²) in [5.41, 5.74) is 0.697. The summed E-state index contributed by atoms with van der Waals surface area (Å²) in [7, 11) is 1.68. The van der Waals surface area contributed by atoms with Gasteiger partial charge in [-0.2, -0.15) is 0 Å². The SMILES string of the molecule is CO[C@@H]1[C@H](OC(=O)N2CC(C(=O)N3CCC3)C2)CC[C@]2(CO2)[C@H]1[C@@]1(C)O[C@@H]1CC=C(C)C. The summed E-state index contributed by atoms with van der Waals surface area (Å²) >= 11 is 0. The zero-order valence-electron chi connectivity index (χ0n) is 19.7. The number of carbonyl (C=O) groups is 2. The topological polar surface area (TPSA) is 84.1 Å². The number of hydrogen-bond acceptors (Lipinski definition) is 6. The third-order valence-corrected chi connectivity index (χ3v) is 8.15. The van der Waals surface area contributed by atoms with Gasteiger partial charge in [0.1, 0.15) is 23.4 Å². The maximum absolute atomic E-state index is 12.8. The van der Waals surface area contributed by atoms with Gasteiger partial charge in [-0.05, 0) is 46.5 Å². The molecule has 0 aromatic carbocycles. The van der Waals surface area contributed by atoms with E-state index < -0.39 is 0 Å². The molecule has 8 heteroatoms. The highest BCUT2D eigenvalue weighted by molar-refractivity contribution is 5.83. The number of amides is 2. The summed E-state index contributed by atoms with van der Waals surface area (Å²) in [5.74, 6) is 0.0963. The second kappa shape index (κ2) is 7.99. The van der Waals surface area contributed by atoms with Gasteiger partial charge < -0.3 is 28.7 Å². The monoisotopic (exact) mass is 448 g/mol. The van der Waals surface area contributed by atoms with E-state index in [1.807, 2.05) is 4.90 Å². The highest BCUT2D eigenvalue weighted by Crippen LogP contribution is 2.59. The van der Waals surface area contributed by atoms with Crippen LogP contribution in [0.25, 0.3) is 0 Å². The average molecular weight is 449 g/mol. The first-order valence-corrected chi connectivity index (χ1v) is 12.0. The Morgan fingerprint density at radius 2 is 1.91 bits per heavy atom. The fourth-order valence-electron chi connectivity index (χ4n) is 5.85. The molecule has 0 N–H and O–H groups in total. The molecular weight excluding hydrogens is 412 g/mol. The van der Waals surface area contributed by atoms with Crippen LogP contribution in [0.3, 0.4) is 0 Å². The third-order valence-electron chi connectivity index (χ3n) is 8.15. The van der Waals surface area contributed by atoms with Gasteiger partial charge in [0.25, 0.3) is 0 Å². The zero-order chi connectivity index (χ0) is 22.7. The number of epoxide rings is 2.